The first-order chi connectivity index (χ1) is 15.0. The highest BCUT2D eigenvalue weighted by Gasteiger charge is 2.38. The smallest absolute Gasteiger partial charge is 0.257 e. The lowest BCUT2D eigenvalue weighted by Crippen LogP contribution is -2.42. The molecule has 7 nitrogen and oxygen atoms in total. The number of methoxy groups -OCH3 is 1. The average molecular weight is 448 g/mol. The van der Waals surface area contributed by atoms with Crippen LogP contribution in [0, 0.1) is 11.8 Å². The minimum atomic E-state index is -0.192. The van der Waals surface area contributed by atoms with Gasteiger partial charge in [0.15, 0.2) is 0 Å². The molecule has 0 spiro atoms. The van der Waals surface area contributed by atoms with Gasteiger partial charge in [-0.2, -0.15) is 0 Å². The molecule has 168 valence electrons. The largest absolute Gasteiger partial charge is 0.496 e. The van der Waals surface area contributed by atoms with Gasteiger partial charge in [0.05, 0.1) is 18.6 Å². The van der Waals surface area contributed by atoms with E-state index in [1.54, 1.807) is 25.3 Å². The molecular formula is C23H30ClN3O4. The molecule has 3 aliphatic heterocycles. The van der Waals surface area contributed by atoms with E-state index >= 15 is 0 Å². The standard InChI is InChI=1S/C23H30ClN3O4/c1-31-20-5-4-18(24)13-19(20)23(30)26-10-6-16(7-11-26)14-27-15-17(12-21(27)28)22(29)25-8-2-3-9-25/h4-5,13,16-17H,2-3,6-12,14-15H2,1H3. The van der Waals surface area contributed by atoms with Gasteiger partial charge in [0.2, 0.25) is 11.8 Å². The fourth-order valence-corrected chi connectivity index (χ4v) is 5.13. The van der Waals surface area contributed by atoms with E-state index in [0.29, 0.717) is 54.9 Å². The highest BCUT2D eigenvalue weighted by molar-refractivity contribution is 6.31. The average Bonchev–Trinajstić information content (AvgIpc) is 3.44. The molecule has 3 heterocycles. The third-order valence-corrected chi connectivity index (χ3v) is 6.99. The SMILES string of the molecule is COc1ccc(Cl)cc1C(=O)N1CCC(CN2CC(C(=O)N3CCCC3)CC2=O)CC1. The van der Waals surface area contributed by atoms with Crippen molar-refractivity contribution in [2.24, 2.45) is 11.8 Å². The maximum absolute atomic E-state index is 13.0. The summed E-state index contributed by atoms with van der Waals surface area (Å²) in [5.41, 5.74) is 0.478. The summed E-state index contributed by atoms with van der Waals surface area (Å²) < 4.78 is 5.32. The quantitative estimate of drug-likeness (QED) is 0.695. The van der Waals surface area contributed by atoms with Gasteiger partial charge in [-0.05, 0) is 49.8 Å². The number of carbonyl (C=O) groups excluding carboxylic acids is 3. The van der Waals surface area contributed by atoms with E-state index in [9.17, 15) is 14.4 Å². The molecule has 1 unspecified atom stereocenters. The molecule has 8 heteroatoms. The number of likely N-dealkylation sites (tertiary alicyclic amines) is 3. The van der Waals surface area contributed by atoms with Crippen LogP contribution < -0.4 is 4.74 Å². The van der Waals surface area contributed by atoms with Crippen molar-refractivity contribution in [1.82, 2.24) is 14.7 Å². The van der Waals surface area contributed by atoms with E-state index in [2.05, 4.69) is 0 Å². The zero-order valence-electron chi connectivity index (χ0n) is 18.0. The van der Waals surface area contributed by atoms with Crippen molar-refractivity contribution in [2.75, 3.05) is 46.4 Å². The normalized spacial score (nSPS) is 22.3. The van der Waals surface area contributed by atoms with Gasteiger partial charge in [-0.1, -0.05) is 11.6 Å². The molecule has 1 aromatic rings. The second kappa shape index (κ2) is 9.47. The molecule has 0 aromatic heterocycles. The topological polar surface area (TPSA) is 70.2 Å². The van der Waals surface area contributed by atoms with E-state index < -0.39 is 0 Å². The molecule has 1 atom stereocenters. The lowest BCUT2D eigenvalue weighted by molar-refractivity contribution is -0.134. The minimum Gasteiger partial charge on any atom is -0.496 e. The Hall–Kier alpha value is -2.28. The van der Waals surface area contributed by atoms with E-state index in [-0.39, 0.29) is 23.6 Å². The number of rotatable bonds is 5. The molecule has 1 aromatic carbocycles. The van der Waals surface area contributed by atoms with Crippen LogP contribution in [0.1, 0.15) is 42.5 Å². The van der Waals surface area contributed by atoms with E-state index in [4.69, 9.17) is 16.3 Å². The van der Waals surface area contributed by atoms with Crippen molar-refractivity contribution in [2.45, 2.75) is 32.1 Å². The van der Waals surface area contributed by atoms with E-state index in [0.717, 1.165) is 38.8 Å². The van der Waals surface area contributed by atoms with Crippen LogP contribution >= 0.6 is 11.6 Å². The molecule has 3 amide bonds. The number of nitrogens with zero attached hydrogens (tertiary/aromatic N) is 3. The summed E-state index contributed by atoms with van der Waals surface area (Å²) >= 11 is 6.07. The zero-order valence-corrected chi connectivity index (χ0v) is 18.8. The highest BCUT2D eigenvalue weighted by atomic mass is 35.5. The third-order valence-electron chi connectivity index (χ3n) is 6.75. The van der Waals surface area contributed by atoms with Gasteiger partial charge in [-0.15, -0.1) is 0 Å². The second-order valence-corrected chi connectivity index (χ2v) is 9.25. The van der Waals surface area contributed by atoms with E-state index in [1.165, 1.54) is 0 Å². The molecule has 4 rings (SSSR count). The van der Waals surface area contributed by atoms with Gasteiger partial charge in [-0.3, -0.25) is 14.4 Å². The maximum atomic E-state index is 13.0. The van der Waals surface area contributed by atoms with Crippen LogP contribution in [0.15, 0.2) is 18.2 Å². The summed E-state index contributed by atoms with van der Waals surface area (Å²) in [7, 11) is 1.54. The van der Waals surface area contributed by atoms with Crippen LogP contribution in [0.2, 0.25) is 5.02 Å². The van der Waals surface area contributed by atoms with Gasteiger partial charge < -0.3 is 19.4 Å². The molecular weight excluding hydrogens is 418 g/mol. The monoisotopic (exact) mass is 447 g/mol. The molecule has 3 aliphatic rings. The van der Waals surface area contributed by atoms with Crippen LogP contribution in [0.25, 0.3) is 0 Å². The number of amides is 3. The van der Waals surface area contributed by atoms with Crippen LogP contribution in [-0.2, 0) is 9.59 Å². The predicted molar refractivity (Wildman–Crippen MR) is 117 cm³/mol. The van der Waals surface area contributed by atoms with E-state index in [1.807, 2.05) is 14.7 Å². The Balaban J connectivity index is 1.29. The zero-order chi connectivity index (χ0) is 22.0. The number of ether oxygens (including phenoxy) is 1. The minimum absolute atomic E-state index is 0.0775. The first-order valence-electron chi connectivity index (χ1n) is 11.2. The van der Waals surface area contributed by atoms with Crippen LogP contribution in [0.5, 0.6) is 5.75 Å². The predicted octanol–water partition coefficient (Wildman–Crippen LogP) is 2.67. The molecule has 0 saturated carbocycles. The first-order valence-corrected chi connectivity index (χ1v) is 11.5. The Labute approximate surface area is 188 Å². The summed E-state index contributed by atoms with van der Waals surface area (Å²) in [6.45, 7) is 4.13. The summed E-state index contributed by atoms with van der Waals surface area (Å²) in [6, 6.07) is 5.06. The number of hydrogen-bond acceptors (Lipinski definition) is 4. The van der Waals surface area contributed by atoms with Crippen molar-refractivity contribution in [3.63, 3.8) is 0 Å². The van der Waals surface area contributed by atoms with Crippen molar-refractivity contribution in [1.29, 1.82) is 0 Å². The van der Waals surface area contributed by atoms with Crippen LogP contribution in [0.4, 0.5) is 0 Å². The highest BCUT2D eigenvalue weighted by Crippen LogP contribution is 2.28. The Morgan fingerprint density at radius 2 is 1.81 bits per heavy atom. The van der Waals surface area contributed by atoms with Gasteiger partial charge in [0.25, 0.3) is 5.91 Å². The summed E-state index contributed by atoms with van der Waals surface area (Å²) in [5.74, 6) is 0.820. The van der Waals surface area contributed by atoms with Gasteiger partial charge >= 0.3 is 0 Å². The van der Waals surface area contributed by atoms with Crippen molar-refractivity contribution >= 4 is 29.3 Å². The Morgan fingerprint density at radius 1 is 1.10 bits per heavy atom. The number of carbonyl (C=O) groups is 3. The lowest BCUT2D eigenvalue weighted by Gasteiger charge is -2.34. The summed E-state index contributed by atoms with van der Waals surface area (Å²) in [5, 5.41) is 0.504. The maximum Gasteiger partial charge on any atom is 0.257 e. The number of benzene rings is 1. The number of piperidine rings is 1. The molecule has 0 N–H and O–H groups in total. The lowest BCUT2D eigenvalue weighted by atomic mass is 9.95. The second-order valence-electron chi connectivity index (χ2n) is 8.81. The fourth-order valence-electron chi connectivity index (χ4n) is 4.96. The van der Waals surface area contributed by atoms with Gasteiger partial charge in [-0.25, -0.2) is 0 Å². The number of halogens is 1. The van der Waals surface area contributed by atoms with Crippen molar-refractivity contribution in [3.8, 4) is 5.75 Å². The Bertz CT molecular complexity index is 847. The Morgan fingerprint density at radius 3 is 2.48 bits per heavy atom. The Kier molecular flexibility index (Phi) is 6.70. The fraction of sp³-hybridized carbons (Fsp3) is 0.609. The third kappa shape index (κ3) is 4.81. The van der Waals surface area contributed by atoms with Crippen LogP contribution in [-0.4, -0.2) is 78.8 Å². The molecule has 31 heavy (non-hydrogen) atoms. The van der Waals surface area contributed by atoms with Crippen molar-refractivity contribution in [3.05, 3.63) is 28.8 Å². The van der Waals surface area contributed by atoms with Crippen LogP contribution in [0.3, 0.4) is 0 Å². The number of hydrogen-bond donors (Lipinski definition) is 0. The summed E-state index contributed by atoms with van der Waals surface area (Å²) in [4.78, 5) is 43.7. The molecule has 0 bridgehead atoms. The van der Waals surface area contributed by atoms with Gasteiger partial charge in [0.1, 0.15) is 5.75 Å². The van der Waals surface area contributed by atoms with Crippen molar-refractivity contribution < 1.29 is 19.1 Å². The molecule has 0 aliphatic carbocycles. The molecule has 0 radical (unpaired) electrons. The first kappa shape index (κ1) is 21.9. The van der Waals surface area contributed by atoms with Gasteiger partial charge in [0, 0.05) is 50.7 Å². The molecule has 3 fully saturated rings. The summed E-state index contributed by atoms with van der Waals surface area (Å²) in [6.07, 6.45) is 4.14. The molecule has 3 saturated heterocycles.